The molecule has 0 radical (unpaired) electrons. The number of aliphatic hydroxyl groups is 1. The lowest BCUT2D eigenvalue weighted by Crippen LogP contribution is -2.02. The first kappa shape index (κ1) is 15.6. The maximum absolute atomic E-state index is 13.6. The van der Waals surface area contributed by atoms with Gasteiger partial charge in [-0.05, 0) is 34.5 Å². The molecule has 0 saturated heterocycles. The third-order valence-electron chi connectivity index (χ3n) is 2.98. The molecule has 0 aromatic heterocycles. The Bertz CT molecular complexity index is 382. The maximum Gasteiger partial charge on any atom is 0.137 e. The van der Waals surface area contributed by atoms with Crippen LogP contribution in [0.1, 0.15) is 57.1 Å². The predicted molar refractivity (Wildman–Crippen MR) is 72.4 cm³/mol. The van der Waals surface area contributed by atoms with Gasteiger partial charge in [0, 0.05) is 5.56 Å². The van der Waals surface area contributed by atoms with E-state index >= 15 is 0 Å². The molecule has 1 aromatic rings. The Hall–Kier alpha value is -0.480. The molecule has 0 aliphatic heterocycles. The zero-order valence-corrected chi connectivity index (χ0v) is 12.1. The second-order valence-electron chi connectivity index (χ2n) is 4.51. The number of halogens is 3. The van der Waals surface area contributed by atoms with Crippen molar-refractivity contribution in [3.8, 4) is 0 Å². The van der Waals surface area contributed by atoms with Crippen LogP contribution in [0.2, 0.25) is 0 Å². The Morgan fingerprint density at radius 1 is 1.11 bits per heavy atom. The van der Waals surface area contributed by atoms with Crippen LogP contribution < -0.4 is 0 Å². The lowest BCUT2D eigenvalue weighted by atomic mass is 10.0. The summed E-state index contributed by atoms with van der Waals surface area (Å²) in [6.45, 7) is 2.13. The molecule has 1 unspecified atom stereocenters. The van der Waals surface area contributed by atoms with Gasteiger partial charge in [0.25, 0.3) is 0 Å². The number of aliphatic hydroxyl groups excluding tert-OH is 1. The maximum atomic E-state index is 13.6. The van der Waals surface area contributed by atoms with Crippen LogP contribution in [0.4, 0.5) is 8.78 Å². The summed E-state index contributed by atoms with van der Waals surface area (Å²) in [6.07, 6.45) is 4.87. The van der Waals surface area contributed by atoms with Crippen LogP contribution in [0.3, 0.4) is 0 Å². The van der Waals surface area contributed by atoms with Crippen LogP contribution in [0.5, 0.6) is 0 Å². The van der Waals surface area contributed by atoms with Crippen molar-refractivity contribution >= 4 is 15.9 Å². The van der Waals surface area contributed by atoms with E-state index in [0.717, 1.165) is 37.8 Å². The van der Waals surface area contributed by atoms with Gasteiger partial charge in [0.1, 0.15) is 11.6 Å². The van der Waals surface area contributed by atoms with Crippen molar-refractivity contribution in [3.05, 3.63) is 33.8 Å². The fourth-order valence-electron chi connectivity index (χ4n) is 1.89. The minimum absolute atomic E-state index is 0.0474. The Morgan fingerprint density at radius 3 is 2.44 bits per heavy atom. The second kappa shape index (κ2) is 7.85. The minimum Gasteiger partial charge on any atom is -0.388 e. The largest absolute Gasteiger partial charge is 0.388 e. The van der Waals surface area contributed by atoms with Crippen molar-refractivity contribution in [1.29, 1.82) is 0 Å². The van der Waals surface area contributed by atoms with E-state index in [9.17, 15) is 13.9 Å². The molecule has 0 heterocycles. The van der Waals surface area contributed by atoms with Gasteiger partial charge in [-0.25, -0.2) is 8.78 Å². The fraction of sp³-hybridized carbons (Fsp3) is 0.571. The molecule has 18 heavy (non-hydrogen) atoms. The summed E-state index contributed by atoms with van der Waals surface area (Å²) in [4.78, 5) is 0. The summed E-state index contributed by atoms with van der Waals surface area (Å²) in [5.41, 5.74) is 0.0474. The molecule has 0 amide bonds. The van der Waals surface area contributed by atoms with Crippen molar-refractivity contribution in [2.75, 3.05) is 0 Å². The zero-order chi connectivity index (χ0) is 13.5. The third-order valence-corrected chi connectivity index (χ3v) is 3.59. The Kier molecular flexibility index (Phi) is 6.79. The van der Waals surface area contributed by atoms with Crippen LogP contribution in [0.25, 0.3) is 0 Å². The molecule has 1 N–H and O–H groups in total. The first-order valence-corrected chi connectivity index (χ1v) is 7.18. The van der Waals surface area contributed by atoms with Crippen molar-refractivity contribution in [2.45, 2.75) is 51.6 Å². The van der Waals surface area contributed by atoms with Gasteiger partial charge in [-0.3, -0.25) is 0 Å². The molecule has 1 nitrogen and oxygen atoms in total. The van der Waals surface area contributed by atoms with Crippen LogP contribution in [-0.4, -0.2) is 5.11 Å². The number of unbranched alkanes of at least 4 members (excludes halogenated alkanes) is 4. The van der Waals surface area contributed by atoms with E-state index in [4.69, 9.17) is 0 Å². The molecule has 0 aliphatic rings. The summed E-state index contributed by atoms with van der Waals surface area (Å²) in [7, 11) is 0. The Morgan fingerprint density at radius 2 is 1.78 bits per heavy atom. The molecular formula is C14H19BrF2O. The lowest BCUT2D eigenvalue weighted by Gasteiger charge is -2.12. The van der Waals surface area contributed by atoms with Gasteiger partial charge in [-0.15, -0.1) is 0 Å². The highest BCUT2D eigenvalue weighted by molar-refractivity contribution is 9.10. The van der Waals surface area contributed by atoms with E-state index in [1.54, 1.807) is 0 Å². The molecule has 0 aliphatic carbocycles. The highest BCUT2D eigenvalue weighted by atomic mass is 79.9. The summed E-state index contributed by atoms with van der Waals surface area (Å²) < 4.78 is 26.9. The molecule has 0 fully saturated rings. The fourth-order valence-corrected chi connectivity index (χ4v) is 2.21. The molecule has 1 rings (SSSR count). The minimum atomic E-state index is -0.922. The molecule has 0 saturated carbocycles. The third kappa shape index (κ3) is 4.65. The quantitative estimate of drug-likeness (QED) is 0.546. The lowest BCUT2D eigenvalue weighted by molar-refractivity contribution is 0.158. The number of hydrogen-bond acceptors (Lipinski definition) is 1. The first-order chi connectivity index (χ1) is 8.56. The average Bonchev–Trinajstić information content (AvgIpc) is 2.33. The molecule has 0 spiro atoms. The van der Waals surface area contributed by atoms with Crippen LogP contribution in [0, 0.1) is 11.6 Å². The normalized spacial score (nSPS) is 12.7. The second-order valence-corrected chi connectivity index (χ2v) is 5.36. The smallest absolute Gasteiger partial charge is 0.137 e. The highest BCUT2D eigenvalue weighted by Crippen LogP contribution is 2.27. The molecule has 0 bridgehead atoms. The average molecular weight is 321 g/mol. The van der Waals surface area contributed by atoms with Crippen LogP contribution in [-0.2, 0) is 0 Å². The van der Waals surface area contributed by atoms with E-state index in [-0.39, 0.29) is 10.0 Å². The SMILES string of the molecule is CCCCCCCC(O)c1cc(F)c(Br)cc1F. The predicted octanol–water partition coefficient (Wildman–Crippen LogP) is 5.12. The van der Waals surface area contributed by atoms with Crippen molar-refractivity contribution in [1.82, 2.24) is 0 Å². The van der Waals surface area contributed by atoms with Gasteiger partial charge in [0.2, 0.25) is 0 Å². The molecule has 1 aromatic carbocycles. The first-order valence-electron chi connectivity index (χ1n) is 6.38. The summed E-state index contributed by atoms with van der Waals surface area (Å²) in [5, 5.41) is 9.85. The van der Waals surface area contributed by atoms with Crippen LogP contribution >= 0.6 is 15.9 Å². The van der Waals surface area contributed by atoms with E-state index in [1.807, 2.05) is 0 Å². The van der Waals surface area contributed by atoms with Crippen molar-refractivity contribution < 1.29 is 13.9 Å². The van der Waals surface area contributed by atoms with Gasteiger partial charge >= 0.3 is 0 Å². The van der Waals surface area contributed by atoms with E-state index in [0.29, 0.717) is 6.42 Å². The van der Waals surface area contributed by atoms with Crippen molar-refractivity contribution in [2.24, 2.45) is 0 Å². The van der Waals surface area contributed by atoms with Gasteiger partial charge in [0.15, 0.2) is 0 Å². The molecule has 4 heteroatoms. The van der Waals surface area contributed by atoms with Gasteiger partial charge in [-0.1, -0.05) is 39.0 Å². The van der Waals surface area contributed by atoms with Gasteiger partial charge in [0.05, 0.1) is 10.6 Å². The molecule has 102 valence electrons. The van der Waals surface area contributed by atoms with Gasteiger partial charge in [-0.2, -0.15) is 0 Å². The standard InChI is InChI=1S/C14H19BrF2O/c1-2-3-4-5-6-7-14(18)10-8-13(17)11(15)9-12(10)16/h8-9,14,18H,2-7H2,1H3. The van der Waals surface area contributed by atoms with E-state index < -0.39 is 17.7 Å². The van der Waals surface area contributed by atoms with E-state index in [2.05, 4.69) is 22.9 Å². The topological polar surface area (TPSA) is 20.2 Å². The highest BCUT2D eigenvalue weighted by Gasteiger charge is 2.15. The summed E-state index contributed by atoms with van der Waals surface area (Å²) >= 11 is 2.91. The summed E-state index contributed by atoms with van der Waals surface area (Å²) in [6, 6.07) is 2.13. The molecular weight excluding hydrogens is 302 g/mol. The number of benzene rings is 1. The zero-order valence-electron chi connectivity index (χ0n) is 10.6. The van der Waals surface area contributed by atoms with E-state index in [1.165, 1.54) is 6.42 Å². The monoisotopic (exact) mass is 320 g/mol. The van der Waals surface area contributed by atoms with Crippen molar-refractivity contribution in [3.63, 3.8) is 0 Å². The number of rotatable bonds is 7. The Labute approximate surface area is 115 Å². The summed E-state index contributed by atoms with van der Waals surface area (Å²) in [5.74, 6) is -1.11. The molecule has 1 atom stereocenters. The van der Waals surface area contributed by atoms with Crippen LogP contribution in [0.15, 0.2) is 16.6 Å². The Balaban J connectivity index is 2.51. The van der Waals surface area contributed by atoms with Gasteiger partial charge < -0.3 is 5.11 Å². The number of hydrogen-bond donors (Lipinski definition) is 1.